The van der Waals surface area contributed by atoms with E-state index < -0.39 is 0 Å². The maximum atomic E-state index is 10.2. The average Bonchev–Trinajstić information content (AvgIpc) is 2.96. The molecule has 1 atom stereocenters. The Morgan fingerprint density at radius 3 is 2.32 bits per heavy atom. The van der Waals surface area contributed by atoms with Crippen LogP contribution in [0.15, 0.2) is 46.2 Å². The standard InChI is InChI=1S/C10H14N2O2S.C10H13NOS/c1-12-6-4-7(13-2)8(14-3)5-9(6)15-10(12)11;1-11(2)13-10-5-3-9(4-6-10)7-8-12/h4-5,10H,11H2,1-3H3;3-6,8H,7H2,1-2H3. The van der Waals surface area contributed by atoms with Crippen LogP contribution >= 0.6 is 23.7 Å². The maximum Gasteiger partial charge on any atom is 0.162 e. The second-order valence-electron chi connectivity index (χ2n) is 6.21. The van der Waals surface area contributed by atoms with Crippen LogP contribution in [0, 0.1) is 0 Å². The molecular formula is C20H27N3O3S2. The minimum atomic E-state index is -0.0307. The van der Waals surface area contributed by atoms with Crippen molar-refractivity contribution in [2.45, 2.75) is 21.7 Å². The van der Waals surface area contributed by atoms with Gasteiger partial charge in [-0.3, -0.25) is 4.31 Å². The van der Waals surface area contributed by atoms with Crippen molar-refractivity contribution < 1.29 is 14.3 Å². The van der Waals surface area contributed by atoms with E-state index in [4.69, 9.17) is 15.2 Å². The highest BCUT2D eigenvalue weighted by molar-refractivity contribution is 8.00. The highest BCUT2D eigenvalue weighted by Crippen LogP contribution is 2.46. The maximum absolute atomic E-state index is 10.2. The lowest BCUT2D eigenvalue weighted by Gasteiger charge is -2.17. The topological polar surface area (TPSA) is 68.0 Å². The number of fused-ring (bicyclic) bond motifs is 1. The average molecular weight is 422 g/mol. The van der Waals surface area contributed by atoms with E-state index in [2.05, 4.69) is 0 Å². The number of carbonyl (C=O) groups is 1. The molecule has 2 N–H and O–H groups in total. The summed E-state index contributed by atoms with van der Waals surface area (Å²) in [5, 5.41) is 0. The molecule has 0 spiro atoms. The van der Waals surface area contributed by atoms with Gasteiger partial charge in [0.2, 0.25) is 0 Å². The van der Waals surface area contributed by atoms with Crippen LogP contribution in [0.1, 0.15) is 5.56 Å². The number of nitrogens with two attached hydrogens (primary N) is 1. The van der Waals surface area contributed by atoms with E-state index in [0.717, 1.165) is 33.9 Å². The number of hydrogen-bond donors (Lipinski definition) is 1. The predicted octanol–water partition coefficient (Wildman–Crippen LogP) is 3.48. The van der Waals surface area contributed by atoms with Gasteiger partial charge in [0, 0.05) is 29.3 Å². The molecule has 1 heterocycles. The fourth-order valence-electron chi connectivity index (χ4n) is 2.56. The van der Waals surface area contributed by atoms with Gasteiger partial charge in [-0.05, 0) is 49.8 Å². The van der Waals surface area contributed by atoms with Crippen molar-refractivity contribution in [3.8, 4) is 11.5 Å². The molecule has 1 unspecified atom stereocenters. The first-order valence-electron chi connectivity index (χ1n) is 8.68. The number of nitrogens with zero attached hydrogens (tertiary/aromatic N) is 2. The summed E-state index contributed by atoms with van der Waals surface area (Å²) in [6, 6.07) is 11.9. The Bertz CT molecular complexity index is 785. The molecule has 0 saturated carbocycles. The predicted molar refractivity (Wildman–Crippen MR) is 118 cm³/mol. The van der Waals surface area contributed by atoms with Gasteiger partial charge in [-0.25, -0.2) is 0 Å². The molecule has 0 aliphatic carbocycles. The van der Waals surface area contributed by atoms with Crippen LogP contribution in [0.3, 0.4) is 0 Å². The Morgan fingerprint density at radius 2 is 1.79 bits per heavy atom. The summed E-state index contributed by atoms with van der Waals surface area (Å²) in [7, 11) is 9.24. The van der Waals surface area contributed by atoms with E-state index in [1.807, 2.05) is 66.7 Å². The molecule has 0 bridgehead atoms. The van der Waals surface area contributed by atoms with Gasteiger partial charge in [-0.2, -0.15) is 0 Å². The number of benzene rings is 2. The Labute approximate surface area is 175 Å². The molecule has 2 aromatic rings. The van der Waals surface area contributed by atoms with Crippen LogP contribution in [0.5, 0.6) is 11.5 Å². The molecule has 152 valence electrons. The second kappa shape index (κ2) is 10.6. The number of ether oxygens (including phenoxy) is 2. The summed E-state index contributed by atoms with van der Waals surface area (Å²) in [6.07, 6.45) is 1.43. The summed E-state index contributed by atoms with van der Waals surface area (Å²) < 4.78 is 12.5. The van der Waals surface area contributed by atoms with Crippen molar-refractivity contribution in [1.29, 1.82) is 0 Å². The molecule has 0 saturated heterocycles. The molecule has 28 heavy (non-hydrogen) atoms. The second-order valence-corrected chi connectivity index (χ2v) is 8.76. The van der Waals surface area contributed by atoms with Gasteiger partial charge in [0.15, 0.2) is 11.5 Å². The van der Waals surface area contributed by atoms with Gasteiger partial charge in [-0.15, -0.1) is 0 Å². The molecule has 1 aliphatic rings. The smallest absolute Gasteiger partial charge is 0.162 e. The molecule has 3 rings (SSSR count). The van der Waals surface area contributed by atoms with Crippen LogP contribution in [0.2, 0.25) is 0 Å². The summed E-state index contributed by atoms with van der Waals surface area (Å²) in [5.74, 6) is 1.48. The van der Waals surface area contributed by atoms with Gasteiger partial charge in [0.25, 0.3) is 0 Å². The third kappa shape index (κ3) is 5.81. The van der Waals surface area contributed by atoms with Crippen LogP contribution in [-0.4, -0.2) is 51.5 Å². The van der Waals surface area contributed by atoms with E-state index in [1.165, 1.54) is 4.90 Å². The number of hydrogen-bond acceptors (Lipinski definition) is 8. The van der Waals surface area contributed by atoms with E-state index in [0.29, 0.717) is 6.42 Å². The largest absolute Gasteiger partial charge is 0.493 e. The number of carbonyl (C=O) groups excluding carboxylic acids is 1. The molecule has 0 radical (unpaired) electrons. The fourth-order valence-corrected chi connectivity index (χ4v) is 4.27. The first-order valence-corrected chi connectivity index (χ1v) is 10.3. The number of methoxy groups -OCH3 is 2. The summed E-state index contributed by atoms with van der Waals surface area (Å²) in [5.41, 5.74) is 8.04. The monoisotopic (exact) mass is 421 g/mol. The van der Waals surface area contributed by atoms with Crippen molar-refractivity contribution in [3.63, 3.8) is 0 Å². The Hall–Kier alpha value is -1.87. The first kappa shape index (κ1) is 22.4. The van der Waals surface area contributed by atoms with Crippen LogP contribution < -0.4 is 20.1 Å². The van der Waals surface area contributed by atoms with Crippen LogP contribution in [0.25, 0.3) is 0 Å². The highest BCUT2D eigenvalue weighted by atomic mass is 32.2. The lowest BCUT2D eigenvalue weighted by molar-refractivity contribution is -0.107. The van der Waals surface area contributed by atoms with Crippen molar-refractivity contribution >= 4 is 35.7 Å². The zero-order valence-electron chi connectivity index (χ0n) is 16.8. The molecule has 0 amide bonds. The molecule has 0 aromatic heterocycles. The van der Waals surface area contributed by atoms with Gasteiger partial charge in [0.1, 0.15) is 11.8 Å². The molecule has 1 aliphatic heterocycles. The lowest BCUT2D eigenvalue weighted by Crippen LogP contribution is -2.32. The van der Waals surface area contributed by atoms with Crippen molar-refractivity contribution in [3.05, 3.63) is 42.0 Å². The Balaban J connectivity index is 0.000000203. The van der Waals surface area contributed by atoms with Crippen LogP contribution in [0.4, 0.5) is 5.69 Å². The van der Waals surface area contributed by atoms with Crippen molar-refractivity contribution in [2.75, 3.05) is 40.3 Å². The van der Waals surface area contributed by atoms with E-state index in [-0.39, 0.29) is 5.50 Å². The molecule has 6 nitrogen and oxygen atoms in total. The van der Waals surface area contributed by atoms with E-state index in [1.54, 1.807) is 37.9 Å². The number of anilines is 1. The zero-order chi connectivity index (χ0) is 20.7. The van der Waals surface area contributed by atoms with Crippen LogP contribution in [-0.2, 0) is 11.2 Å². The van der Waals surface area contributed by atoms with Gasteiger partial charge in [-0.1, -0.05) is 23.9 Å². The minimum absolute atomic E-state index is 0.0307. The van der Waals surface area contributed by atoms with E-state index in [9.17, 15) is 4.79 Å². The number of rotatable bonds is 6. The van der Waals surface area contributed by atoms with E-state index >= 15 is 0 Å². The van der Waals surface area contributed by atoms with Gasteiger partial charge < -0.3 is 24.9 Å². The SMILES string of the molecule is CN(C)Sc1ccc(CC=O)cc1.COc1cc2c(cc1OC)N(C)C(N)S2. The summed E-state index contributed by atoms with van der Waals surface area (Å²) in [4.78, 5) is 14.6. The third-order valence-electron chi connectivity index (χ3n) is 4.00. The molecule has 2 aromatic carbocycles. The quantitative estimate of drug-likeness (QED) is 0.562. The number of aldehydes is 1. The summed E-state index contributed by atoms with van der Waals surface area (Å²) in [6.45, 7) is 0. The highest BCUT2D eigenvalue weighted by Gasteiger charge is 2.26. The molecular weight excluding hydrogens is 394 g/mol. The Kier molecular flexibility index (Phi) is 8.50. The van der Waals surface area contributed by atoms with Gasteiger partial charge in [0.05, 0.1) is 19.9 Å². The fraction of sp³-hybridized carbons (Fsp3) is 0.350. The van der Waals surface area contributed by atoms with Crippen molar-refractivity contribution in [2.24, 2.45) is 5.73 Å². The lowest BCUT2D eigenvalue weighted by atomic mass is 10.2. The summed E-state index contributed by atoms with van der Waals surface area (Å²) >= 11 is 3.29. The number of thioether (sulfide) groups is 1. The minimum Gasteiger partial charge on any atom is -0.493 e. The normalized spacial score (nSPS) is 15.0. The van der Waals surface area contributed by atoms with Gasteiger partial charge >= 0.3 is 0 Å². The first-order chi connectivity index (χ1) is 13.4. The molecule has 8 heteroatoms. The molecule has 0 fully saturated rings. The third-order valence-corrected chi connectivity index (χ3v) is 5.99. The van der Waals surface area contributed by atoms with Crippen molar-refractivity contribution in [1.82, 2.24) is 4.31 Å². The zero-order valence-corrected chi connectivity index (χ0v) is 18.5. The Morgan fingerprint density at radius 1 is 1.18 bits per heavy atom.